The molecule has 0 aliphatic carbocycles. The number of esters is 1. The number of rotatable bonds is 3. The average Bonchev–Trinajstić information content (AvgIpc) is 2.53. The molecule has 0 aromatic carbocycles. The van der Waals surface area contributed by atoms with Gasteiger partial charge in [0.15, 0.2) is 0 Å². The summed E-state index contributed by atoms with van der Waals surface area (Å²) in [5, 5.41) is 3.70. The smallest absolute Gasteiger partial charge is 0.316 e. The van der Waals surface area contributed by atoms with Gasteiger partial charge in [-0.05, 0) is 6.92 Å². The van der Waals surface area contributed by atoms with Gasteiger partial charge in [0, 0.05) is 12.1 Å². The molecule has 5 nitrogen and oxygen atoms in total. The summed E-state index contributed by atoms with van der Waals surface area (Å²) < 4.78 is 9.29. The predicted molar refractivity (Wildman–Crippen MR) is 45.1 cm³/mol. The second kappa shape index (κ2) is 4.04. The van der Waals surface area contributed by atoms with Crippen molar-refractivity contribution in [3.63, 3.8) is 0 Å². The first-order valence-electron chi connectivity index (χ1n) is 3.89. The molecule has 0 fully saturated rings. The zero-order chi connectivity index (χ0) is 9.84. The quantitative estimate of drug-likeness (QED) is 0.679. The van der Waals surface area contributed by atoms with Crippen LogP contribution in [0.4, 0.5) is 0 Å². The number of ether oxygens (including phenoxy) is 1. The van der Waals surface area contributed by atoms with E-state index in [9.17, 15) is 4.79 Å². The molecule has 1 aromatic rings. The van der Waals surface area contributed by atoms with Gasteiger partial charge >= 0.3 is 5.97 Å². The Labute approximate surface area is 75.8 Å². The van der Waals surface area contributed by atoms with Crippen LogP contribution in [0.25, 0.3) is 0 Å². The Morgan fingerprint density at radius 3 is 2.92 bits per heavy atom. The largest absolute Gasteiger partial charge is 0.468 e. The molecule has 0 aliphatic rings. The Bertz CT molecular complexity index is 295. The van der Waals surface area contributed by atoms with E-state index in [4.69, 9.17) is 10.3 Å². The first-order chi connectivity index (χ1) is 6.20. The zero-order valence-corrected chi connectivity index (χ0v) is 7.61. The summed E-state index contributed by atoms with van der Waals surface area (Å²) in [6.07, 6.45) is 1.47. The molecule has 1 rings (SSSR count). The van der Waals surface area contributed by atoms with Gasteiger partial charge in [-0.15, -0.1) is 0 Å². The minimum Gasteiger partial charge on any atom is -0.468 e. The maximum Gasteiger partial charge on any atom is 0.316 e. The van der Waals surface area contributed by atoms with E-state index in [-0.39, 0.29) is 12.5 Å². The van der Waals surface area contributed by atoms with Crippen LogP contribution in [0, 0.1) is 6.92 Å². The fourth-order valence-electron chi connectivity index (χ4n) is 1.09. The van der Waals surface area contributed by atoms with Crippen molar-refractivity contribution in [1.29, 1.82) is 0 Å². The minimum atomic E-state index is -0.524. The van der Waals surface area contributed by atoms with Crippen molar-refractivity contribution < 1.29 is 14.1 Å². The van der Waals surface area contributed by atoms with E-state index in [1.165, 1.54) is 13.4 Å². The normalized spacial score (nSPS) is 12.5. The molecule has 0 radical (unpaired) electrons. The van der Waals surface area contributed by atoms with Crippen LogP contribution in [0.5, 0.6) is 0 Å². The third kappa shape index (κ3) is 1.86. The molecule has 0 bridgehead atoms. The lowest BCUT2D eigenvalue weighted by Crippen LogP contribution is -2.23. The van der Waals surface area contributed by atoms with Crippen LogP contribution in [-0.2, 0) is 9.53 Å². The van der Waals surface area contributed by atoms with Gasteiger partial charge in [-0.25, -0.2) is 0 Å². The van der Waals surface area contributed by atoms with E-state index in [2.05, 4.69) is 9.89 Å². The number of hydrogen-bond donors (Lipinski definition) is 1. The maximum atomic E-state index is 11.2. The molecule has 0 unspecified atom stereocenters. The molecular formula is C8H12N2O3. The van der Waals surface area contributed by atoms with Crippen LogP contribution in [0.1, 0.15) is 17.2 Å². The Hall–Kier alpha value is -1.36. The highest BCUT2D eigenvalue weighted by molar-refractivity contribution is 5.78. The second-order valence-electron chi connectivity index (χ2n) is 2.69. The van der Waals surface area contributed by atoms with Crippen molar-refractivity contribution in [3.8, 4) is 0 Å². The molecule has 0 amide bonds. The Kier molecular flexibility index (Phi) is 3.02. The van der Waals surface area contributed by atoms with Gasteiger partial charge in [0.1, 0.15) is 17.9 Å². The van der Waals surface area contributed by atoms with E-state index in [0.717, 1.165) is 5.56 Å². The Balaban J connectivity index is 2.90. The molecule has 5 heteroatoms. The van der Waals surface area contributed by atoms with Gasteiger partial charge in [-0.1, -0.05) is 5.16 Å². The number of aromatic nitrogens is 1. The van der Waals surface area contributed by atoms with Crippen molar-refractivity contribution in [2.75, 3.05) is 13.7 Å². The van der Waals surface area contributed by atoms with Crippen molar-refractivity contribution in [3.05, 3.63) is 17.5 Å². The summed E-state index contributed by atoms with van der Waals surface area (Å²) in [7, 11) is 1.32. The van der Waals surface area contributed by atoms with E-state index >= 15 is 0 Å². The standard InChI is InChI=1S/C8H12N2O3/c1-5-4-13-10-7(5)6(3-9)8(11)12-2/h4,6H,3,9H2,1-2H3/t6-/m1/s1. The molecule has 72 valence electrons. The van der Waals surface area contributed by atoms with Crippen LogP contribution in [0.3, 0.4) is 0 Å². The minimum absolute atomic E-state index is 0.167. The number of carbonyl (C=O) groups is 1. The second-order valence-corrected chi connectivity index (χ2v) is 2.69. The van der Waals surface area contributed by atoms with Gasteiger partial charge < -0.3 is 15.0 Å². The summed E-state index contributed by atoms with van der Waals surface area (Å²) in [6, 6.07) is 0. The van der Waals surface area contributed by atoms with Gasteiger partial charge in [0.05, 0.1) is 7.11 Å². The molecular weight excluding hydrogens is 172 g/mol. The van der Waals surface area contributed by atoms with Gasteiger partial charge in [-0.3, -0.25) is 4.79 Å². The van der Waals surface area contributed by atoms with Crippen molar-refractivity contribution in [2.24, 2.45) is 5.73 Å². The Morgan fingerprint density at radius 2 is 2.54 bits per heavy atom. The van der Waals surface area contributed by atoms with E-state index < -0.39 is 5.92 Å². The number of hydrogen-bond acceptors (Lipinski definition) is 5. The van der Waals surface area contributed by atoms with Gasteiger partial charge in [0.25, 0.3) is 0 Å². The lowest BCUT2D eigenvalue weighted by Gasteiger charge is -2.08. The zero-order valence-electron chi connectivity index (χ0n) is 7.61. The lowest BCUT2D eigenvalue weighted by molar-refractivity contribution is -0.142. The maximum absolute atomic E-state index is 11.2. The summed E-state index contributed by atoms with van der Waals surface area (Å²) in [5.74, 6) is -0.914. The highest BCUT2D eigenvalue weighted by atomic mass is 16.5. The van der Waals surface area contributed by atoms with Crippen LogP contribution in [-0.4, -0.2) is 24.8 Å². The first-order valence-corrected chi connectivity index (χ1v) is 3.89. The Morgan fingerprint density at radius 1 is 1.85 bits per heavy atom. The van der Waals surface area contributed by atoms with Crippen LogP contribution in [0.2, 0.25) is 0 Å². The third-order valence-corrected chi connectivity index (χ3v) is 1.84. The van der Waals surface area contributed by atoms with Gasteiger partial charge in [-0.2, -0.15) is 0 Å². The number of nitrogens with two attached hydrogens (primary N) is 1. The predicted octanol–water partition coefficient (Wildman–Crippen LogP) is 0.198. The number of nitrogens with zero attached hydrogens (tertiary/aromatic N) is 1. The highest BCUT2D eigenvalue weighted by Crippen LogP contribution is 2.17. The monoisotopic (exact) mass is 184 g/mol. The highest BCUT2D eigenvalue weighted by Gasteiger charge is 2.24. The molecule has 0 aliphatic heterocycles. The molecule has 1 aromatic heterocycles. The summed E-state index contributed by atoms with van der Waals surface area (Å²) in [5.41, 5.74) is 6.78. The van der Waals surface area contributed by atoms with Crippen LogP contribution in [0.15, 0.2) is 10.8 Å². The molecule has 13 heavy (non-hydrogen) atoms. The van der Waals surface area contributed by atoms with Crippen molar-refractivity contribution >= 4 is 5.97 Å². The van der Waals surface area contributed by atoms with Gasteiger partial charge in [0.2, 0.25) is 0 Å². The van der Waals surface area contributed by atoms with Crippen molar-refractivity contribution in [2.45, 2.75) is 12.8 Å². The van der Waals surface area contributed by atoms with Crippen molar-refractivity contribution in [1.82, 2.24) is 5.16 Å². The number of carbonyl (C=O) groups excluding carboxylic acids is 1. The fraction of sp³-hybridized carbons (Fsp3) is 0.500. The average molecular weight is 184 g/mol. The SMILES string of the molecule is COC(=O)[C@H](CN)c1nocc1C. The number of aryl methyl sites for hydroxylation is 1. The molecule has 1 heterocycles. The fourth-order valence-corrected chi connectivity index (χ4v) is 1.09. The van der Waals surface area contributed by atoms with E-state index in [1.807, 2.05) is 0 Å². The summed E-state index contributed by atoms with van der Waals surface area (Å²) >= 11 is 0. The van der Waals surface area contributed by atoms with Crippen LogP contribution >= 0.6 is 0 Å². The topological polar surface area (TPSA) is 78.4 Å². The lowest BCUT2D eigenvalue weighted by atomic mass is 10.0. The molecule has 0 spiro atoms. The third-order valence-electron chi connectivity index (χ3n) is 1.84. The van der Waals surface area contributed by atoms with Crippen LogP contribution < -0.4 is 5.73 Å². The van der Waals surface area contributed by atoms with E-state index in [1.54, 1.807) is 6.92 Å². The van der Waals surface area contributed by atoms with E-state index in [0.29, 0.717) is 5.69 Å². The molecule has 0 saturated carbocycles. The number of methoxy groups -OCH3 is 1. The molecule has 0 saturated heterocycles. The molecule has 1 atom stereocenters. The first kappa shape index (κ1) is 9.73. The summed E-state index contributed by atoms with van der Waals surface area (Å²) in [6.45, 7) is 1.97. The summed E-state index contributed by atoms with van der Waals surface area (Å²) in [4.78, 5) is 11.2. The molecule has 2 N–H and O–H groups in total.